The first-order valence-corrected chi connectivity index (χ1v) is 7.37. The zero-order valence-electron chi connectivity index (χ0n) is 11.7. The number of anilines is 1. The van der Waals surface area contributed by atoms with Gasteiger partial charge in [-0.2, -0.15) is 0 Å². The van der Waals surface area contributed by atoms with Gasteiger partial charge in [-0.15, -0.1) is 0 Å². The molecule has 0 amide bonds. The first kappa shape index (κ1) is 13.4. The van der Waals surface area contributed by atoms with Gasteiger partial charge in [0.1, 0.15) is 0 Å². The minimum Gasteiger partial charge on any atom is -0.384 e. The lowest BCUT2D eigenvalue weighted by molar-refractivity contribution is 0.471. The Morgan fingerprint density at radius 3 is 3.00 bits per heavy atom. The largest absolute Gasteiger partial charge is 0.384 e. The summed E-state index contributed by atoms with van der Waals surface area (Å²) >= 11 is 0. The SMILES string of the molecule is CCCCCC(C)NCC1CNc2ccccc21. The highest BCUT2D eigenvalue weighted by Gasteiger charge is 2.21. The van der Waals surface area contributed by atoms with Crippen molar-refractivity contribution >= 4 is 5.69 Å². The van der Waals surface area contributed by atoms with E-state index < -0.39 is 0 Å². The maximum Gasteiger partial charge on any atom is 0.0376 e. The monoisotopic (exact) mass is 246 g/mol. The Balaban J connectivity index is 1.75. The first-order valence-electron chi connectivity index (χ1n) is 7.37. The summed E-state index contributed by atoms with van der Waals surface area (Å²) in [6, 6.07) is 9.33. The third-order valence-corrected chi connectivity index (χ3v) is 3.89. The molecule has 2 N–H and O–H groups in total. The predicted molar refractivity (Wildman–Crippen MR) is 79.3 cm³/mol. The average Bonchev–Trinajstić information content (AvgIpc) is 2.80. The van der Waals surface area contributed by atoms with Crippen LogP contribution in [0.3, 0.4) is 0 Å². The molecule has 2 atom stereocenters. The van der Waals surface area contributed by atoms with Crippen molar-refractivity contribution in [2.45, 2.75) is 51.5 Å². The molecule has 0 bridgehead atoms. The lowest BCUT2D eigenvalue weighted by atomic mass is 10.0. The number of hydrogen-bond donors (Lipinski definition) is 2. The normalized spacial score (nSPS) is 19.3. The summed E-state index contributed by atoms with van der Waals surface area (Å²) in [4.78, 5) is 0. The van der Waals surface area contributed by atoms with Crippen molar-refractivity contribution in [1.29, 1.82) is 0 Å². The van der Waals surface area contributed by atoms with Crippen LogP contribution in [0.4, 0.5) is 5.69 Å². The van der Waals surface area contributed by atoms with Crippen molar-refractivity contribution in [2.24, 2.45) is 0 Å². The molecule has 0 saturated carbocycles. The summed E-state index contributed by atoms with van der Waals surface area (Å²) < 4.78 is 0. The number of rotatable bonds is 7. The minimum atomic E-state index is 0.634. The summed E-state index contributed by atoms with van der Waals surface area (Å²) in [5.74, 6) is 0.634. The number of hydrogen-bond acceptors (Lipinski definition) is 2. The number of benzene rings is 1. The molecule has 1 aliphatic rings. The maximum absolute atomic E-state index is 3.68. The summed E-state index contributed by atoms with van der Waals surface area (Å²) in [5.41, 5.74) is 2.80. The molecule has 100 valence electrons. The van der Waals surface area contributed by atoms with Gasteiger partial charge >= 0.3 is 0 Å². The Kier molecular flexibility index (Phi) is 5.06. The molecule has 1 heterocycles. The van der Waals surface area contributed by atoms with E-state index in [0.717, 1.165) is 13.1 Å². The zero-order valence-corrected chi connectivity index (χ0v) is 11.7. The molecular weight excluding hydrogens is 220 g/mol. The van der Waals surface area contributed by atoms with E-state index in [2.05, 4.69) is 48.7 Å². The van der Waals surface area contributed by atoms with Crippen molar-refractivity contribution in [2.75, 3.05) is 18.4 Å². The van der Waals surface area contributed by atoms with Crippen molar-refractivity contribution in [1.82, 2.24) is 5.32 Å². The fourth-order valence-corrected chi connectivity index (χ4v) is 2.69. The summed E-state index contributed by atoms with van der Waals surface area (Å²) in [5, 5.41) is 7.17. The highest BCUT2D eigenvalue weighted by molar-refractivity contribution is 5.57. The molecule has 0 spiro atoms. The molecule has 0 saturated heterocycles. The van der Waals surface area contributed by atoms with Crippen molar-refractivity contribution in [3.05, 3.63) is 29.8 Å². The van der Waals surface area contributed by atoms with E-state index in [1.54, 1.807) is 0 Å². The summed E-state index contributed by atoms with van der Waals surface area (Å²) in [6.07, 6.45) is 5.33. The molecule has 18 heavy (non-hydrogen) atoms. The number of nitrogens with one attached hydrogen (secondary N) is 2. The lowest BCUT2D eigenvalue weighted by Crippen LogP contribution is -2.31. The van der Waals surface area contributed by atoms with Crippen LogP contribution in [-0.4, -0.2) is 19.1 Å². The van der Waals surface area contributed by atoms with E-state index in [1.807, 2.05) is 0 Å². The fourth-order valence-electron chi connectivity index (χ4n) is 2.69. The second-order valence-corrected chi connectivity index (χ2v) is 5.47. The molecule has 2 rings (SSSR count). The molecule has 1 aliphatic heterocycles. The maximum atomic E-state index is 3.68. The van der Waals surface area contributed by atoms with Gasteiger partial charge in [-0.1, -0.05) is 44.4 Å². The van der Waals surface area contributed by atoms with E-state index in [9.17, 15) is 0 Å². The van der Waals surface area contributed by atoms with E-state index in [1.165, 1.54) is 36.9 Å². The molecule has 2 heteroatoms. The van der Waals surface area contributed by atoms with Crippen LogP contribution in [-0.2, 0) is 0 Å². The summed E-state index contributed by atoms with van der Waals surface area (Å²) in [6.45, 7) is 6.74. The van der Waals surface area contributed by atoms with Crippen molar-refractivity contribution in [3.8, 4) is 0 Å². The fraction of sp³-hybridized carbons (Fsp3) is 0.625. The highest BCUT2D eigenvalue weighted by Crippen LogP contribution is 2.30. The van der Waals surface area contributed by atoms with Gasteiger partial charge in [0.05, 0.1) is 0 Å². The Bertz CT molecular complexity index is 362. The van der Waals surface area contributed by atoms with Gasteiger partial charge in [0.2, 0.25) is 0 Å². The van der Waals surface area contributed by atoms with Gasteiger partial charge in [0.25, 0.3) is 0 Å². The molecule has 0 radical (unpaired) electrons. The smallest absolute Gasteiger partial charge is 0.0376 e. The third-order valence-electron chi connectivity index (χ3n) is 3.89. The number of fused-ring (bicyclic) bond motifs is 1. The van der Waals surface area contributed by atoms with Gasteiger partial charge in [0, 0.05) is 30.7 Å². The van der Waals surface area contributed by atoms with Gasteiger partial charge in [0.15, 0.2) is 0 Å². The molecule has 1 aromatic rings. The quantitative estimate of drug-likeness (QED) is 0.716. The van der Waals surface area contributed by atoms with E-state index in [0.29, 0.717) is 12.0 Å². The van der Waals surface area contributed by atoms with Crippen LogP contribution in [0, 0.1) is 0 Å². The standard InChI is InChI=1S/C16H26N2/c1-3-4-5-8-13(2)17-11-14-12-18-16-10-7-6-9-15(14)16/h6-7,9-10,13-14,17-18H,3-5,8,11-12H2,1-2H3. The Morgan fingerprint density at radius 2 is 2.17 bits per heavy atom. The van der Waals surface area contributed by atoms with Gasteiger partial charge in [-0.05, 0) is 25.0 Å². The molecule has 2 nitrogen and oxygen atoms in total. The van der Waals surface area contributed by atoms with Crippen LogP contribution in [0.1, 0.15) is 51.0 Å². The van der Waals surface area contributed by atoms with Crippen molar-refractivity contribution < 1.29 is 0 Å². The van der Waals surface area contributed by atoms with Crippen LogP contribution in [0.25, 0.3) is 0 Å². The average molecular weight is 246 g/mol. The van der Waals surface area contributed by atoms with Crippen LogP contribution in [0.5, 0.6) is 0 Å². The summed E-state index contributed by atoms with van der Waals surface area (Å²) in [7, 11) is 0. The van der Waals surface area contributed by atoms with Crippen LogP contribution >= 0.6 is 0 Å². The minimum absolute atomic E-state index is 0.634. The van der Waals surface area contributed by atoms with E-state index in [4.69, 9.17) is 0 Å². The third kappa shape index (κ3) is 3.49. The topological polar surface area (TPSA) is 24.1 Å². The molecule has 1 aromatic carbocycles. The van der Waals surface area contributed by atoms with Gasteiger partial charge in [-0.25, -0.2) is 0 Å². The van der Waals surface area contributed by atoms with Crippen molar-refractivity contribution in [3.63, 3.8) is 0 Å². The molecule has 0 aliphatic carbocycles. The Morgan fingerprint density at radius 1 is 1.33 bits per heavy atom. The Labute approximate surface area is 111 Å². The molecule has 2 unspecified atom stereocenters. The predicted octanol–water partition coefficient (Wildman–Crippen LogP) is 3.75. The van der Waals surface area contributed by atoms with Gasteiger partial charge < -0.3 is 10.6 Å². The first-order chi connectivity index (χ1) is 8.81. The van der Waals surface area contributed by atoms with E-state index >= 15 is 0 Å². The number of para-hydroxylation sites is 1. The van der Waals surface area contributed by atoms with Crippen LogP contribution in [0.15, 0.2) is 24.3 Å². The molecule has 0 fully saturated rings. The van der Waals surface area contributed by atoms with Gasteiger partial charge in [-0.3, -0.25) is 0 Å². The zero-order chi connectivity index (χ0) is 12.8. The second-order valence-electron chi connectivity index (χ2n) is 5.47. The molecular formula is C16H26N2. The van der Waals surface area contributed by atoms with E-state index in [-0.39, 0.29) is 0 Å². The second kappa shape index (κ2) is 6.79. The lowest BCUT2D eigenvalue weighted by Gasteiger charge is -2.17. The number of unbranched alkanes of at least 4 members (excludes halogenated alkanes) is 2. The Hall–Kier alpha value is -1.02. The van der Waals surface area contributed by atoms with Crippen LogP contribution in [0.2, 0.25) is 0 Å². The molecule has 0 aromatic heterocycles. The highest BCUT2D eigenvalue weighted by atomic mass is 15.0. The van der Waals surface area contributed by atoms with Crippen LogP contribution < -0.4 is 10.6 Å².